The number of ether oxygens (including phenoxy) is 1. The number of nitrogens with zero attached hydrogens (tertiary/aromatic N) is 1. The van der Waals surface area contributed by atoms with Gasteiger partial charge in [0.25, 0.3) is 5.91 Å². The van der Waals surface area contributed by atoms with Gasteiger partial charge in [0.05, 0.1) is 23.0 Å². The number of carbonyl (C=O) groups is 2. The van der Waals surface area contributed by atoms with Gasteiger partial charge in [-0.25, -0.2) is 4.39 Å². The molecule has 1 saturated heterocycles. The summed E-state index contributed by atoms with van der Waals surface area (Å²) in [6, 6.07) is 4.29. The van der Waals surface area contributed by atoms with E-state index in [4.69, 9.17) is 28.6 Å². The maximum absolute atomic E-state index is 13.8. The molecule has 0 aliphatic carbocycles. The Labute approximate surface area is 147 Å². The first-order valence-corrected chi connectivity index (χ1v) is 8.39. The zero-order chi connectivity index (χ0) is 17.0. The lowest BCUT2D eigenvalue weighted by molar-refractivity contribution is -0.143. The lowest BCUT2D eigenvalue weighted by Crippen LogP contribution is -2.30. The van der Waals surface area contributed by atoms with Gasteiger partial charge in [-0.3, -0.25) is 14.5 Å². The molecule has 0 N–H and O–H groups in total. The molecule has 0 atom stereocenters. The van der Waals surface area contributed by atoms with Crippen LogP contribution in [0.1, 0.15) is 18.9 Å². The Balaban J connectivity index is 2.15. The molecule has 4 nitrogen and oxygen atoms in total. The lowest BCUT2D eigenvalue weighted by atomic mass is 10.2. The molecule has 1 fully saturated rings. The highest BCUT2D eigenvalue weighted by atomic mass is 35.5. The SMILES string of the molecule is CCOC(=O)CCN1C(=O)/C(=C/c2c(F)cccc2Cl)SC1=S. The van der Waals surface area contributed by atoms with Gasteiger partial charge in [0.1, 0.15) is 10.1 Å². The first kappa shape index (κ1) is 17.9. The number of carbonyl (C=O) groups excluding carboxylic acids is 2. The average molecular weight is 374 g/mol. The molecule has 1 heterocycles. The summed E-state index contributed by atoms with van der Waals surface area (Å²) in [4.78, 5) is 25.3. The fraction of sp³-hybridized carbons (Fsp3) is 0.267. The van der Waals surface area contributed by atoms with E-state index in [2.05, 4.69) is 0 Å². The van der Waals surface area contributed by atoms with Gasteiger partial charge in [-0.2, -0.15) is 0 Å². The van der Waals surface area contributed by atoms with Gasteiger partial charge in [0.2, 0.25) is 0 Å². The van der Waals surface area contributed by atoms with E-state index in [-0.39, 0.29) is 41.0 Å². The van der Waals surface area contributed by atoms with Crippen molar-refractivity contribution in [1.82, 2.24) is 4.90 Å². The first-order chi connectivity index (χ1) is 10.9. The maximum atomic E-state index is 13.8. The average Bonchev–Trinajstić information content (AvgIpc) is 2.76. The van der Waals surface area contributed by atoms with Crippen LogP contribution in [0.3, 0.4) is 0 Å². The summed E-state index contributed by atoms with van der Waals surface area (Å²) in [5, 5.41) is 0.210. The molecule has 0 radical (unpaired) electrons. The van der Waals surface area contributed by atoms with Gasteiger partial charge in [0, 0.05) is 12.1 Å². The van der Waals surface area contributed by atoms with Crippen LogP contribution in [0, 0.1) is 5.82 Å². The summed E-state index contributed by atoms with van der Waals surface area (Å²) in [7, 11) is 0. The number of hydrogen-bond donors (Lipinski definition) is 0. The summed E-state index contributed by atoms with van der Waals surface area (Å²) >= 11 is 12.1. The molecule has 2 rings (SSSR count). The third kappa shape index (κ3) is 4.31. The first-order valence-electron chi connectivity index (χ1n) is 6.79. The highest BCUT2D eigenvalue weighted by molar-refractivity contribution is 8.26. The van der Waals surface area contributed by atoms with Crippen molar-refractivity contribution in [3.63, 3.8) is 0 Å². The van der Waals surface area contributed by atoms with Crippen molar-refractivity contribution in [2.24, 2.45) is 0 Å². The number of amides is 1. The Morgan fingerprint density at radius 1 is 1.52 bits per heavy atom. The van der Waals surface area contributed by atoms with Crippen LogP contribution >= 0.6 is 35.6 Å². The molecular weight excluding hydrogens is 361 g/mol. The smallest absolute Gasteiger partial charge is 0.307 e. The second kappa shape index (κ2) is 7.90. The van der Waals surface area contributed by atoms with Gasteiger partial charge in [-0.15, -0.1) is 0 Å². The monoisotopic (exact) mass is 373 g/mol. The van der Waals surface area contributed by atoms with Crippen molar-refractivity contribution < 1.29 is 18.7 Å². The van der Waals surface area contributed by atoms with E-state index in [0.29, 0.717) is 4.32 Å². The van der Waals surface area contributed by atoms with E-state index in [1.165, 1.54) is 29.2 Å². The number of hydrogen-bond acceptors (Lipinski definition) is 5. The van der Waals surface area contributed by atoms with Crippen molar-refractivity contribution in [2.75, 3.05) is 13.2 Å². The lowest BCUT2D eigenvalue weighted by Gasteiger charge is -2.13. The molecule has 1 aliphatic heterocycles. The van der Waals surface area contributed by atoms with E-state index in [0.717, 1.165) is 11.8 Å². The Kier molecular flexibility index (Phi) is 6.15. The fourth-order valence-corrected chi connectivity index (χ4v) is 3.42. The highest BCUT2D eigenvalue weighted by Crippen LogP contribution is 2.34. The molecule has 0 bridgehead atoms. The van der Waals surface area contributed by atoms with Crippen molar-refractivity contribution >= 4 is 57.9 Å². The molecule has 8 heteroatoms. The molecule has 1 aromatic carbocycles. The molecule has 122 valence electrons. The van der Waals surface area contributed by atoms with Crippen LogP contribution < -0.4 is 0 Å². The summed E-state index contributed by atoms with van der Waals surface area (Å²) in [5.74, 6) is -1.29. The fourth-order valence-electron chi connectivity index (χ4n) is 1.91. The number of thiocarbonyl (C=S) groups is 1. The molecule has 0 saturated carbocycles. The summed E-state index contributed by atoms with van der Waals surface area (Å²) in [6.07, 6.45) is 1.43. The van der Waals surface area contributed by atoms with E-state index in [1.807, 2.05) is 0 Å². The molecule has 0 spiro atoms. The third-order valence-electron chi connectivity index (χ3n) is 2.99. The Hall–Kier alpha value is -1.44. The number of halogens is 2. The van der Waals surface area contributed by atoms with Crippen molar-refractivity contribution in [1.29, 1.82) is 0 Å². The minimum atomic E-state index is -0.519. The predicted molar refractivity (Wildman–Crippen MR) is 92.5 cm³/mol. The van der Waals surface area contributed by atoms with Crippen LogP contribution in [0.5, 0.6) is 0 Å². The number of rotatable bonds is 5. The quantitative estimate of drug-likeness (QED) is 0.448. The predicted octanol–water partition coefficient (Wildman–Crippen LogP) is 3.63. The molecule has 1 aromatic rings. The molecule has 0 unspecified atom stereocenters. The van der Waals surface area contributed by atoms with E-state index >= 15 is 0 Å². The number of benzene rings is 1. The highest BCUT2D eigenvalue weighted by Gasteiger charge is 2.32. The Bertz CT molecular complexity index is 673. The second-order valence-electron chi connectivity index (χ2n) is 4.52. The normalized spacial score (nSPS) is 16.3. The molecule has 23 heavy (non-hydrogen) atoms. The zero-order valence-electron chi connectivity index (χ0n) is 12.2. The van der Waals surface area contributed by atoms with Crippen molar-refractivity contribution in [3.8, 4) is 0 Å². The van der Waals surface area contributed by atoms with E-state index < -0.39 is 11.8 Å². The van der Waals surface area contributed by atoms with Crippen LogP contribution in [-0.4, -0.2) is 34.2 Å². The Morgan fingerprint density at radius 2 is 2.26 bits per heavy atom. The summed E-state index contributed by atoms with van der Waals surface area (Å²) < 4.78 is 18.9. The summed E-state index contributed by atoms with van der Waals surface area (Å²) in [5.41, 5.74) is 0.139. The van der Waals surface area contributed by atoms with Gasteiger partial charge < -0.3 is 4.74 Å². The third-order valence-corrected chi connectivity index (χ3v) is 4.70. The van der Waals surface area contributed by atoms with Crippen molar-refractivity contribution in [2.45, 2.75) is 13.3 Å². The largest absolute Gasteiger partial charge is 0.466 e. The van der Waals surface area contributed by atoms with Gasteiger partial charge >= 0.3 is 5.97 Å². The second-order valence-corrected chi connectivity index (χ2v) is 6.61. The van der Waals surface area contributed by atoms with Crippen LogP contribution in [0.25, 0.3) is 6.08 Å². The molecule has 1 aliphatic rings. The molecular formula is C15H13ClFNO3S2. The minimum absolute atomic E-state index is 0.0496. The van der Waals surface area contributed by atoms with E-state index in [1.54, 1.807) is 6.92 Å². The maximum Gasteiger partial charge on any atom is 0.307 e. The van der Waals surface area contributed by atoms with Gasteiger partial charge in [-0.1, -0.05) is 41.6 Å². The van der Waals surface area contributed by atoms with Crippen LogP contribution in [-0.2, 0) is 14.3 Å². The van der Waals surface area contributed by atoms with Crippen LogP contribution in [0.15, 0.2) is 23.1 Å². The topological polar surface area (TPSA) is 46.6 Å². The van der Waals surface area contributed by atoms with Gasteiger partial charge in [-0.05, 0) is 25.1 Å². The zero-order valence-corrected chi connectivity index (χ0v) is 14.6. The van der Waals surface area contributed by atoms with E-state index in [9.17, 15) is 14.0 Å². The summed E-state index contributed by atoms with van der Waals surface area (Å²) in [6.45, 7) is 2.12. The van der Waals surface area contributed by atoms with Crippen LogP contribution in [0.4, 0.5) is 4.39 Å². The molecule has 1 amide bonds. The van der Waals surface area contributed by atoms with Crippen molar-refractivity contribution in [3.05, 3.63) is 39.5 Å². The minimum Gasteiger partial charge on any atom is -0.466 e. The number of thioether (sulfide) groups is 1. The van der Waals surface area contributed by atoms with Gasteiger partial charge in [0.15, 0.2) is 0 Å². The Morgan fingerprint density at radius 3 is 2.91 bits per heavy atom. The standard InChI is InChI=1S/C15H13ClFNO3S2/c1-2-21-13(19)6-7-18-14(20)12(23-15(18)22)8-9-10(16)4-3-5-11(9)17/h3-5,8H,2,6-7H2,1H3/b12-8-. The number of esters is 1. The molecule has 0 aromatic heterocycles. The van der Waals surface area contributed by atoms with Crippen LogP contribution in [0.2, 0.25) is 5.02 Å².